The minimum absolute atomic E-state index is 0. The highest BCUT2D eigenvalue weighted by Gasteiger charge is 2.02. The number of aromatic nitrogens is 3. The van der Waals surface area contributed by atoms with Gasteiger partial charge in [0.2, 0.25) is 0 Å². The van der Waals surface area contributed by atoms with Gasteiger partial charge in [-0.2, -0.15) is 0 Å². The van der Waals surface area contributed by atoms with Crippen molar-refractivity contribution in [1.82, 2.24) is 4.98 Å². The minimum Gasteiger partial charge on any atom is -0.387 e. The van der Waals surface area contributed by atoms with Crippen LogP contribution < -0.4 is 26.3 Å². The fourth-order valence-electron chi connectivity index (χ4n) is 2.42. The molecule has 0 aromatic carbocycles. The smallest absolute Gasteiger partial charge is 0.168 e. The van der Waals surface area contributed by atoms with Gasteiger partial charge in [0, 0.05) is 67.1 Å². The largest absolute Gasteiger partial charge is 0.387 e. The Bertz CT molecular complexity index is 835. The third kappa shape index (κ3) is 32.9. The molecule has 0 aliphatic rings. The number of aryl methyl sites for hydroxylation is 1. The summed E-state index contributed by atoms with van der Waals surface area (Å²) in [4.78, 5) is 3.78. The van der Waals surface area contributed by atoms with E-state index in [1.54, 1.807) is 12.4 Å². The molecular weight excluding hydrogens is 812 g/mol. The lowest BCUT2D eigenvalue weighted by molar-refractivity contribution is -0.697. The number of pyridine rings is 3. The summed E-state index contributed by atoms with van der Waals surface area (Å²) in [5.74, 6) is 0.0763. The first-order valence-corrected chi connectivity index (χ1v) is 12.2. The van der Waals surface area contributed by atoms with E-state index in [2.05, 4.69) is 30.0 Å². The molecule has 0 aliphatic heterocycles. The first-order chi connectivity index (χ1) is 16.5. The van der Waals surface area contributed by atoms with E-state index in [4.69, 9.17) is 28.0 Å². The van der Waals surface area contributed by atoms with Crippen LogP contribution in [0.2, 0.25) is 0 Å². The number of alkyl halides is 1. The Morgan fingerprint density at radius 2 is 1.11 bits per heavy atom. The highest BCUT2D eigenvalue weighted by molar-refractivity contribution is 9.09. The Morgan fingerprint density at radius 1 is 0.684 bits per heavy atom. The summed E-state index contributed by atoms with van der Waals surface area (Å²) in [6.45, 7) is 3.25. The second kappa shape index (κ2) is 35.9. The lowest BCUT2D eigenvalue weighted by atomic mass is 10.1. The predicted molar refractivity (Wildman–Crippen MR) is 184 cm³/mol. The van der Waals surface area contributed by atoms with Crippen LogP contribution in [0.5, 0.6) is 0 Å². The van der Waals surface area contributed by atoms with Crippen LogP contribution in [-0.2, 0) is 13.1 Å². The quantitative estimate of drug-likeness (QED) is 0.0915. The molecule has 3 heterocycles. The second-order valence-corrected chi connectivity index (χ2v) is 7.72. The number of hydrogen-bond donors (Lipinski definition) is 5. The maximum atomic E-state index is 7.55. The van der Waals surface area contributed by atoms with E-state index in [1.807, 2.05) is 79.4 Å². The van der Waals surface area contributed by atoms with E-state index >= 15 is 0 Å². The lowest BCUT2D eigenvalue weighted by Crippen LogP contribution is -2.36. The molecule has 216 valence electrons. The fourth-order valence-corrected chi connectivity index (χ4v) is 2.42. The molecule has 0 atom stereocenters. The molecule has 0 fully saturated rings. The fraction of sp³-hybridized carbons (Fsp3) is 0.320. The van der Waals surface area contributed by atoms with Gasteiger partial charge in [0.15, 0.2) is 31.3 Å². The number of nitrogens with one attached hydrogen (secondary N) is 2. The summed E-state index contributed by atoms with van der Waals surface area (Å²) in [6.07, 6.45) is 13.5. The average molecular weight is 855 g/mol. The van der Waals surface area contributed by atoms with Gasteiger partial charge in [0.05, 0.1) is 12.4 Å². The van der Waals surface area contributed by atoms with E-state index < -0.39 is 0 Å². The van der Waals surface area contributed by atoms with Gasteiger partial charge in [-0.05, 0) is 18.6 Å². The van der Waals surface area contributed by atoms with Gasteiger partial charge >= 0.3 is 0 Å². The molecule has 0 radical (unpaired) electrons. The van der Waals surface area contributed by atoms with Crippen molar-refractivity contribution in [2.75, 3.05) is 18.4 Å². The third-order valence-electron chi connectivity index (χ3n) is 3.92. The van der Waals surface area contributed by atoms with Gasteiger partial charge in [-0.15, -0.1) is 67.9 Å². The zero-order chi connectivity index (χ0) is 25.3. The van der Waals surface area contributed by atoms with Gasteiger partial charge in [-0.1, -0.05) is 34.1 Å². The molecule has 0 unspecified atom stereocenters. The van der Waals surface area contributed by atoms with Gasteiger partial charge in [-0.25, -0.2) is 9.13 Å². The van der Waals surface area contributed by atoms with Crippen LogP contribution in [0.25, 0.3) is 0 Å². The maximum Gasteiger partial charge on any atom is 0.168 e. The number of nitrogens with zero attached hydrogens (tertiary/aromatic N) is 3. The van der Waals surface area contributed by atoms with Crippen LogP contribution in [0.4, 0.5) is 0 Å². The minimum atomic E-state index is 0. The van der Waals surface area contributed by atoms with Crippen molar-refractivity contribution in [3.05, 3.63) is 91.8 Å². The van der Waals surface area contributed by atoms with Gasteiger partial charge in [0.25, 0.3) is 0 Å². The third-order valence-corrected chi connectivity index (χ3v) is 4.37. The van der Waals surface area contributed by atoms with Gasteiger partial charge in [0.1, 0.15) is 6.54 Å². The van der Waals surface area contributed by atoms with Crippen molar-refractivity contribution in [1.29, 1.82) is 10.8 Å². The molecule has 3 aromatic heterocycles. The second-order valence-electron chi connectivity index (χ2n) is 6.93. The average Bonchev–Trinajstić information content (AvgIpc) is 2.87. The molecule has 8 nitrogen and oxygen atoms in total. The number of hydrogen-bond acceptors (Lipinski definition) is 5. The summed E-state index contributed by atoms with van der Waals surface area (Å²) in [6, 6.07) is 17.7. The maximum absolute atomic E-state index is 7.55. The monoisotopic (exact) mass is 850 g/mol. The Labute approximate surface area is 278 Å². The van der Waals surface area contributed by atoms with Crippen LogP contribution in [0.15, 0.2) is 91.8 Å². The van der Waals surface area contributed by atoms with E-state index in [1.165, 1.54) is 0 Å². The summed E-state index contributed by atoms with van der Waals surface area (Å²) < 4.78 is 4.14. The first kappa shape index (κ1) is 46.7. The Balaban J connectivity index is -0.000000136. The van der Waals surface area contributed by atoms with Crippen molar-refractivity contribution in [2.24, 2.45) is 17.2 Å². The molecule has 8 N–H and O–H groups in total. The summed E-state index contributed by atoms with van der Waals surface area (Å²) in [5, 5.41) is 15.5. The zero-order valence-corrected chi connectivity index (χ0v) is 29.8. The van der Waals surface area contributed by atoms with Gasteiger partial charge < -0.3 is 22.6 Å². The first-order valence-electron chi connectivity index (χ1n) is 11.1. The number of rotatable bonds is 9. The molecule has 0 bridgehead atoms. The van der Waals surface area contributed by atoms with Crippen molar-refractivity contribution >= 4 is 95.4 Å². The van der Waals surface area contributed by atoms with Crippen molar-refractivity contribution < 1.29 is 9.13 Å². The van der Waals surface area contributed by atoms with Crippen LogP contribution in [-0.4, -0.2) is 35.0 Å². The molecule has 3 rings (SSSR count). The Morgan fingerprint density at radius 3 is 1.42 bits per heavy atom. The van der Waals surface area contributed by atoms with Crippen LogP contribution in [0.3, 0.4) is 0 Å². The number of amidine groups is 1. The SMILES string of the molecule is Br.Br.Br.Br.N=C(N)CC(=N)CCC[n+]1ccccc1.NCCBr.NCC[n+]1ccccc1.c1ccncc1. The molecule has 0 saturated heterocycles. The van der Waals surface area contributed by atoms with Gasteiger partial charge in [-0.3, -0.25) is 10.4 Å². The van der Waals surface area contributed by atoms with Crippen LogP contribution in [0.1, 0.15) is 19.3 Å². The summed E-state index contributed by atoms with van der Waals surface area (Å²) in [7, 11) is 0. The van der Waals surface area contributed by atoms with Crippen molar-refractivity contribution in [3.63, 3.8) is 0 Å². The standard InChI is InChI=1S/C11H17N4.C7H11N2.C5H5N.C2H6BrN.4BrH/c12-10(9-11(13)14)5-4-8-15-6-2-1-3-7-15;8-4-7-9-5-2-1-3-6-9;1-2-4-6-5-3-1;3-1-2-4;;;;/h1-3,6-7,12H,4-5,8-9H2,(H3,13,14);1-3,5-6H,4,7-8H2;1-5H;1-2,4H2;4*1H/q2*+1;;;;;;. The topological polar surface area (TPSA) is 146 Å². The van der Waals surface area contributed by atoms with Crippen LogP contribution >= 0.6 is 83.9 Å². The molecule has 0 saturated carbocycles. The summed E-state index contributed by atoms with van der Waals surface area (Å²) >= 11 is 3.12. The Kier molecular flexibility index (Phi) is 44.2. The van der Waals surface area contributed by atoms with E-state index in [0.717, 1.165) is 31.4 Å². The van der Waals surface area contributed by atoms with E-state index in [0.29, 0.717) is 25.1 Å². The lowest BCUT2D eigenvalue weighted by Gasteiger charge is -2.00. The molecule has 13 heteroatoms. The predicted octanol–water partition coefficient (Wildman–Crippen LogP) is 4.77. The van der Waals surface area contributed by atoms with Crippen molar-refractivity contribution in [2.45, 2.75) is 32.4 Å². The molecule has 0 spiro atoms. The Hall–Kier alpha value is -1.09. The molecular formula is C25H43Br5N8+2. The molecule has 0 aliphatic carbocycles. The molecule has 0 amide bonds. The highest BCUT2D eigenvalue weighted by atomic mass is 79.9. The van der Waals surface area contributed by atoms with Crippen LogP contribution in [0, 0.1) is 10.8 Å². The van der Waals surface area contributed by atoms with E-state index in [-0.39, 0.29) is 73.8 Å². The van der Waals surface area contributed by atoms with E-state index in [9.17, 15) is 0 Å². The molecule has 3 aromatic rings. The van der Waals surface area contributed by atoms with Crippen molar-refractivity contribution in [3.8, 4) is 0 Å². The molecule has 38 heavy (non-hydrogen) atoms. The highest BCUT2D eigenvalue weighted by Crippen LogP contribution is 1.95. The number of halogens is 5. The summed E-state index contributed by atoms with van der Waals surface area (Å²) in [5.41, 5.74) is 16.1. The normalized spacial score (nSPS) is 8.18. The zero-order valence-electron chi connectivity index (χ0n) is 21.4. The number of nitrogens with two attached hydrogens (primary N) is 3.